The predicted octanol–water partition coefficient (Wildman–Crippen LogP) is 4.57. The number of ether oxygens (including phenoxy) is 1. The van der Waals surface area contributed by atoms with Crippen molar-refractivity contribution in [3.05, 3.63) is 66.2 Å². The van der Waals surface area contributed by atoms with Gasteiger partial charge in [-0.05, 0) is 43.9 Å². The average Bonchev–Trinajstić information content (AvgIpc) is 2.77. The third-order valence-corrected chi connectivity index (χ3v) is 5.13. The van der Waals surface area contributed by atoms with Crippen LogP contribution in [-0.4, -0.2) is 35.4 Å². The molecule has 0 aromatic heterocycles. The van der Waals surface area contributed by atoms with Crippen molar-refractivity contribution in [1.29, 1.82) is 0 Å². The first-order valence-electron chi connectivity index (χ1n) is 10.9. The lowest BCUT2D eigenvalue weighted by atomic mass is 10.1. The highest BCUT2D eigenvalue weighted by molar-refractivity contribution is 5.87. The van der Waals surface area contributed by atoms with Crippen molar-refractivity contribution in [3.8, 4) is 5.75 Å². The van der Waals surface area contributed by atoms with Gasteiger partial charge in [-0.25, -0.2) is 0 Å². The summed E-state index contributed by atoms with van der Waals surface area (Å²) in [6.07, 6.45) is 2.36. The summed E-state index contributed by atoms with van der Waals surface area (Å²) in [5, 5.41) is 3.03. The van der Waals surface area contributed by atoms with Crippen LogP contribution in [0.15, 0.2) is 60.7 Å². The maximum atomic E-state index is 13.1. The molecule has 2 atom stereocenters. The van der Waals surface area contributed by atoms with Crippen LogP contribution in [0.1, 0.15) is 52.0 Å². The molecule has 5 nitrogen and oxygen atoms in total. The van der Waals surface area contributed by atoms with E-state index >= 15 is 0 Å². The van der Waals surface area contributed by atoms with Gasteiger partial charge in [-0.2, -0.15) is 0 Å². The fourth-order valence-corrected chi connectivity index (χ4v) is 3.21. The van der Waals surface area contributed by atoms with E-state index in [9.17, 15) is 9.59 Å². The van der Waals surface area contributed by atoms with Gasteiger partial charge in [0.15, 0.2) is 0 Å². The van der Waals surface area contributed by atoms with Crippen LogP contribution in [0.2, 0.25) is 0 Å². The first-order valence-corrected chi connectivity index (χ1v) is 10.9. The van der Waals surface area contributed by atoms with Crippen molar-refractivity contribution in [3.63, 3.8) is 0 Å². The molecule has 2 rings (SSSR count). The van der Waals surface area contributed by atoms with E-state index in [2.05, 4.69) is 5.32 Å². The van der Waals surface area contributed by atoms with Gasteiger partial charge in [0.05, 0.1) is 6.61 Å². The largest absolute Gasteiger partial charge is 0.494 e. The van der Waals surface area contributed by atoms with Crippen LogP contribution in [0, 0.1) is 0 Å². The van der Waals surface area contributed by atoms with Gasteiger partial charge in [-0.3, -0.25) is 9.59 Å². The second-order valence-electron chi connectivity index (χ2n) is 7.51. The maximum absolute atomic E-state index is 13.1. The van der Waals surface area contributed by atoms with Gasteiger partial charge in [0.25, 0.3) is 0 Å². The Balaban J connectivity index is 2.03. The molecule has 0 bridgehead atoms. The summed E-state index contributed by atoms with van der Waals surface area (Å²) in [7, 11) is 0. The summed E-state index contributed by atoms with van der Waals surface area (Å²) in [5.74, 6) is 0.684. The first-order chi connectivity index (χ1) is 14.5. The molecule has 0 unspecified atom stereocenters. The molecule has 30 heavy (non-hydrogen) atoms. The van der Waals surface area contributed by atoms with Crippen LogP contribution in [0.25, 0.3) is 0 Å². The summed E-state index contributed by atoms with van der Waals surface area (Å²) in [6, 6.07) is 19.0. The number of hydrogen-bond donors (Lipinski definition) is 1. The van der Waals surface area contributed by atoms with E-state index in [1.54, 1.807) is 4.90 Å². The SMILES string of the molecule is CC[C@@H](C)NC(=O)[C@H](CC)N(Cc1ccccc1)C(=O)CCCOc1ccccc1. The first kappa shape index (κ1) is 23.5. The monoisotopic (exact) mass is 410 g/mol. The zero-order valence-electron chi connectivity index (χ0n) is 18.3. The fourth-order valence-electron chi connectivity index (χ4n) is 3.21. The Morgan fingerprint density at radius 1 is 0.967 bits per heavy atom. The molecule has 2 aromatic rings. The van der Waals surface area contributed by atoms with Crippen molar-refractivity contribution in [2.75, 3.05) is 6.61 Å². The molecule has 0 saturated heterocycles. The van der Waals surface area contributed by atoms with E-state index in [1.807, 2.05) is 81.4 Å². The molecular weight excluding hydrogens is 376 g/mol. The molecule has 0 aliphatic heterocycles. The fraction of sp³-hybridized carbons (Fsp3) is 0.440. The molecule has 162 valence electrons. The van der Waals surface area contributed by atoms with Gasteiger partial charge in [-0.1, -0.05) is 62.4 Å². The molecular formula is C25H34N2O3. The molecule has 0 saturated carbocycles. The number of hydrogen-bond acceptors (Lipinski definition) is 3. The van der Waals surface area contributed by atoms with Crippen LogP contribution in [0.3, 0.4) is 0 Å². The number of benzene rings is 2. The molecule has 5 heteroatoms. The lowest BCUT2D eigenvalue weighted by Gasteiger charge is -2.31. The Kier molecular flexibility index (Phi) is 9.92. The van der Waals surface area contributed by atoms with Crippen molar-refractivity contribution in [1.82, 2.24) is 10.2 Å². The number of nitrogens with zero attached hydrogens (tertiary/aromatic N) is 1. The van der Waals surface area contributed by atoms with E-state index in [4.69, 9.17) is 4.74 Å². The van der Waals surface area contributed by atoms with Crippen LogP contribution in [0.5, 0.6) is 5.75 Å². The number of carbonyl (C=O) groups is 2. The molecule has 0 spiro atoms. The summed E-state index contributed by atoms with van der Waals surface area (Å²) >= 11 is 0. The molecule has 0 radical (unpaired) electrons. The van der Waals surface area contributed by atoms with Gasteiger partial charge in [-0.15, -0.1) is 0 Å². The minimum Gasteiger partial charge on any atom is -0.494 e. The predicted molar refractivity (Wildman–Crippen MR) is 120 cm³/mol. The standard InChI is InChI=1S/C25H34N2O3/c1-4-20(3)26-25(29)23(5-2)27(19-21-13-8-6-9-14-21)24(28)17-12-18-30-22-15-10-7-11-16-22/h6-11,13-16,20,23H,4-5,12,17-19H2,1-3H3,(H,26,29)/t20-,23+/m1/s1. The molecule has 0 aliphatic carbocycles. The number of rotatable bonds is 12. The summed E-state index contributed by atoms with van der Waals surface area (Å²) < 4.78 is 5.71. The Bertz CT molecular complexity index is 764. The van der Waals surface area contributed by atoms with Gasteiger partial charge in [0, 0.05) is 19.0 Å². The van der Waals surface area contributed by atoms with E-state index in [-0.39, 0.29) is 17.9 Å². The minimum atomic E-state index is -0.484. The van der Waals surface area contributed by atoms with Gasteiger partial charge < -0.3 is 15.0 Å². The smallest absolute Gasteiger partial charge is 0.243 e. The lowest BCUT2D eigenvalue weighted by Crippen LogP contribution is -2.50. The highest BCUT2D eigenvalue weighted by atomic mass is 16.5. The summed E-state index contributed by atoms with van der Waals surface area (Å²) in [6.45, 7) is 6.85. The van der Waals surface area contributed by atoms with Crippen molar-refractivity contribution in [2.45, 2.75) is 65.1 Å². The van der Waals surface area contributed by atoms with E-state index in [1.165, 1.54) is 0 Å². The molecule has 1 N–H and O–H groups in total. The van der Waals surface area contributed by atoms with E-state index in [0.29, 0.717) is 32.4 Å². The molecule has 0 aliphatic rings. The summed E-state index contributed by atoms with van der Waals surface area (Å²) in [4.78, 5) is 27.7. The van der Waals surface area contributed by atoms with Crippen molar-refractivity contribution >= 4 is 11.8 Å². The number of amides is 2. The number of carbonyl (C=O) groups excluding carboxylic acids is 2. The Morgan fingerprint density at radius 3 is 2.20 bits per heavy atom. The minimum absolute atomic E-state index is 0.0262. The third kappa shape index (κ3) is 7.54. The normalized spacial score (nSPS) is 12.6. The van der Waals surface area contributed by atoms with Crippen LogP contribution >= 0.6 is 0 Å². The highest BCUT2D eigenvalue weighted by Gasteiger charge is 2.28. The molecule has 2 aromatic carbocycles. The van der Waals surface area contributed by atoms with Crippen molar-refractivity contribution < 1.29 is 14.3 Å². The zero-order chi connectivity index (χ0) is 21.8. The second-order valence-corrected chi connectivity index (χ2v) is 7.51. The Hall–Kier alpha value is -2.82. The Morgan fingerprint density at radius 2 is 1.60 bits per heavy atom. The van der Waals surface area contributed by atoms with Gasteiger partial charge in [0.2, 0.25) is 11.8 Å². The second kappa shape index (κ2) is 12.7. The maximum Gasteiger partial charge on any atom is 0.243 e. The van der Waals surface area contributed by atoms with Crippen molar-refractivity contribution in [2.24, 2.45) is 0 Å². The molecule has 0 fully saturated rings. The number of para-hydroxylation sites is 1. The highest BCUT2D eigenvalue weighted by Crippen LogP contribution is 2.15. The molecule has 2 amide bonds. The van der Waals surface area contributed by atoms with Crippen LogP contribution in [0.4, 0.5) is 0 Å². The third-order valence-electron chi connectivity index (χ3n) is 5.13. The van der Waals surface area contributed by atoms with Gasteiger partial charge in [0.1, 0.15) is 11.8 Å². The van der Waals surface area contributed by atoms with Crippen LogP contribution < -0.4 is 10.1 Å². The van der Waals surface area contributed by atoms with Crippen LogP contribution in [-0.2, 0) is 16.1 Å². The topological polar surface area (TPSA) is 58.6 Å². The summed E-state index contributed by atoms with van der Waals surface area (Å²) in [5.41, 5.74) is 1.01. The zero-order valence-corrected chi connectivity index (χ0v) is 18.3. The van der Waals surface area contributed by atoms with E-state index in [0.717, 1.165) is 17.7 Å². The van der Waals surface area contributed by atoms with E-state index < -0.39 is 6.04 Å². The molecule has 0 heterocycles. The van der Waals surface area contributed by atoms with Gasteiger partial charge >= 0.3 is 0 Å². The number of nitrogens with one attached hydrogen (secondary N) is 1. The Labute approximate surface area is 180 Å². The quantitative estimate of drug-likeness (QED) is 0.522. The lowest BCUT2D eigenvalue weighted by molar-refractivity contribution is -0.141. The average molecular weight is 411 g/mol.